The molecular formula is C23H27N5O5S2. The van der Waals surface area contributed by atoms with Crippen LogP contribution in [0.5, 0.6) is 0 Å². The Morgan fingerprint density at radius 3 is 2.57 bits per heavy atom. The van der Waals surface area contributed by atoms with Gasteiger partial charge < -0.3 is 9.88 Å². The summed E-state index contributed by atoms with van der Waals surface area (Å²) in [7, 11) is -3.79. The normalized spacial score (nSPS) is 19.1. The molecule has 12 heteroatoms. The zero-order valence-electron chi connectivity index (χ0n) is 19.8. The summed E-state index contributed by atoms with van der Waals surface area (Å²) in [6.45, 7) is 7.76. The molecule has 0 spiro atoms. The van der Waals surface area contributed by atoms with Gasteiger partial charge in [0.25, 0.3) is 5.69 Å². The van der Waals surface area contributed by atoms with Crippen molar-refractivity contribution in [1.82, 2.24) is 19.2 Å². The van der Waals surface area contributed by atoms with Crippen LogP contribution in [0.15, 0.2) is 52.5 Å². The number of nitrogens with one attached hydrogen (secondary N) is 1. The molecule has 2 aromatic carbocycles. The van der Waals surface area contributed by atoms with Crippen LogP contribution in [0.3, 0.4) is 0 Å². The van der Waals surface area contributed by atoms with Gasteiger partial charge in [-0.1, -0.05) is 43.3 Å². The van der Waals surface area contributed by atoms with E-state index in [2.05, 4.69) is 9.97 Å². The number of non-ortho nitro benzene ring substituents is 1. The van der Waals surface area contributed by atoms with Crippen LogP contribution < -0.4 is 0 Å². The minimum Gasteiger partial charge on any atom is -0.333 e. The molecule has 186 valence electrons. The molecule has 35 heavy (non-hydrogen) atoms. The Morgan fingerprint density at radius 1 is 1.26 bits per heavy atom. The number of H-pyrrole nitrogens is 1. The van der Waals surface area contributed by atoms with Crippen LogP contribution in [0.2, 0.25) is 0 Å². The van der Waals surface area contributed by atoms with E-state index in [4.69, 9.17) is 0 Å². The highest BCUT2D eigenvalue weighted by Gasteiger charge is 2.47. The zero-order valence-corrected chi connectivity index (χ0v) is 21.5. The van der Waals surface area contributed by atoms with Gasteiger partial charge in [0, 0.05) is 24.7 Å². The van der Waals surface area contributed by atoms with E-state index in [1.54, 1.807) is 35.2 Å². The van der Waals surface area contributed by atoms with Crippen molar-refractivity contribution in [3.63, 3.8) is 0 Å². The highest BCUT2D eigenvalue weighted by molar-refractivity contribution is 7.99. The summed E-state index contributed by atoms with van der Waals surface area (Å²) in [4.78, 5) is 33.1. The Bertz CT molecular complexity index is 1370. The summed E-state index contributed by atoms with van der Waals surface area (Å²) in [5.41, 5.74) is 2.00. The standard InChI is InChI=1S/C23H27N5O5S2/c1-14(2)22-26(35(32,33)18-8-5-15(3)6-9-18)12-16(4)27(22)21(29)13-34-23-24-19-10-7-17(28(30)31)11-20(19)25-23/h5-11,14,16,22H,12-13H2,1-4H3,(H,24,25)/t16-,22+/m1/s1. The first-order chi connectivity index (χ1) is 16.5. The van der Waals surface area contributed by atoms with Crippen LogP contribution in [-0.4, -0.2) is 62.9 Å². The number of nitro groups is 1. The number of amides is 1. The Kier molecular flexibility index (Phi) is 6.89. The summed E-state index contributed by atoms with van der Waals surface area (Å²) in [6, 6.07) is 10.8. The highest BCUT2D eigenvalue weighted by atomic mass is 32.2. The number of fused-ring (bicyclic) bond motifs is 1. The molecule has 1 aliphatic rings. The van der Waals surface area contributed by atoms with Gasteiger partial charge >= 0.3 is 0 Å². The third-order valence-electron chi connectivity index (χ3n) is 6.00. The lowest BCUT2D eigenvalue weighted by Gasteiger charge is -2.33. The van der Waals surface area contributed by atoms with Crippen LogP contribution in [0, 0.1) is 23.0 Å². The average molecular weight is 518 g/mol. The third kappa shape index (κ3) is 4.91. The summed E-state index contributed by atoms with van der Waals surface area (Å²) in [6.07, 6.45) is -0.609. The molecule has 1 aromatic heterocycles. The molecule has 0 radical (unpaired) electrons. The molecule has 4 rings (SSSR count). The Hall–Kier alpha value is -2.96. The topological polar surface area (TPSA) is 130 Å². The van der Waals surface area contributed by atoms with Gasteiger partial charge in [0.2, 0.25) is 15.9 Å². The number of rotatable bonds is 7. The molecule has 2 atom stereocenters. The van der Waals surface area contributed by atoms with Crippen molar-refractivity contribution in [2.75, 3.05) is 12.3 Å². The lowest BCUT2D eigenvalue weighted by Crippen LogP contribution is -2.49. The second-order valence-corrected chi connectivity index (χ2v) is 11.8. The second kappa shape index (κ2) is 9.59. The molecule has 1 N–H and O–H groups in total. The summed E-state index contributed by atoms with van der Waals surface area (Å²) >= 11 is 1.18. The maximum atomic E-state index is 13.4. The summed E-state index contributed by atoms with van der Waals surface area (Å²) < 4.78 is 28.3. The molecule has 2 heterocycles. The molecule has 3 aromatic rings. The maximum Gasteiger partial charge on any atom is 0.271 e. The zero-order chi connectivity index (χ0) is 25.5. The third-order valence-corrected chi connectivity index (χ3v) is 8.71. The molecule has 1 saturated heterocycles. The number of thioether (sulfide) groups is 1. The molecule has 0 aliphatic carbocycles. The summed E-state index contributed by atoms with van der Waals surface area (Å²) in [5.74, 6) is -0.274. The number of aryl methyl sites for hydroxylation is 1. The van der Waals surface area contributed by atoms with Gasteiger partial charge in [-0.2, -0.15) is 4.31 Å². The molecule has 1 aliphatic heterocycles. The molecule has 0 saturated carbocycles. The van der Waals surface area contributed by atoms with Crippen LogP contribution in [0.25, 0.3) is 11.0 Å². The van der Waals surface area contributed by atoms with Crippen LogP contribution in [0.1, 0.15) is 26.3 Å². The van der Waals surface area contributed by atoms with E-state index >= 15 is 0 Å². The predicted octanol–water partition coefficient (Wildman–Crippen LogP) is 3.78. The minimum atomic E-state index is -3.79. The van der Waals surface area contributed by atoms with Gasteiger partial charge in [-0.05, 0) is 38.0 Å². The SMILES string of the molecule is Cc1ccc(S(=O)(=O)N2C[C@@H](C)N(C(=O)CSc3nc4ccc([N+](=O)[O-])cc4[nH]3)[C@H]2C(C)C)cc1. The Labute approximate surface area is 207 Å². The smallest absolute Gasteiger partial charge is 0.271 e. The van der Waals surface area contributed by atoms with Gasteiger partial charge in [0.1, 0.15) is 6.17 Å². The van der Waals surface area contributed by atoms with Crippen molar-refractivity contribution >= 4 is 44.4 Å². The lowest BCUT2D eigenvalue weighted by molar-refractivity contribution is -0.384. The fourth-order valence-electron chi connectivity index (χ4n) is 4.35. The number of sulfonamides is 1. The lowest BCUT2D eigenvalue weighted by atomic mass is 10.1. The van der Waals surface area contributed by atoms with Gasteiger partial charge in [-0.3, -0.25) is 14.9 Å². The fraction of sp³-hybridized carbons (Fsp3) is 0.391. The fourth-order valence-corrected chi connectivity index (χ4v) is 6.90. The van der Waals surface area contributed by atoms with E-state index < -0.39 is 21.1 Å². The van der Waals surface area contributed by atoms with Gasteiger partial charge in [0.15, 0.2) is 5.16 Å². The van der Waals surface area contributed by atoms with E-state index in [0.29, 0.717) is 16.2 Å². The van der Waals surface area contributed by atoms with E-state index in [9.17, 15) is 23.3 Å². The first-order valence-electron chi connectivity index (χ1n) is 11.2. The monoisotopic (exact) mass is 517 g/mol. The number of carbonyl (C=O) groups is 1. The molecule has 0 unspecified atom stereocenters. The minimum absolute atomic E-state index is 0.0469. The Balaban J connectivity index is 1.53. The first-order valence-corrected chi connectivity index (χ1v) is 13.6. The molecule has 0 bridgehead atoms. The van der Waals surface area contributed by atoms with Crippen molar-refractivity contribution < 1.29 is 18.1 Å². The van der Waals surface area contributed by atoms with Gasteiger partial charge in [0.05, 0.1) is 26.6 Å². The van der Waals surface area contributed by atoms with Crippen LogP contribution >= 0.6 is 11.8 Å². The van der Waals surface area contributed by atoms with E-state index in [1.807, 2.05) is 27.7 Å². The second-order valence-electron chi connectivity index (χ2n) is 8.98. The average Bonchev–Trinajstić information content (AvgIpc) is 3.38. The van der Waals surface area contributed by atoms with Gasteiger partial charge in [-0.25, -0.2) is 13.4 Å². The van der Waals surface area contributed by atoms with E-state index in [0.717, 1.165) is 5.56 Å². The number of nitrogens with zero attached hydrogens (tertiary/aromatic N) is 4. The largest absolute Gasteiger partial charge is 0.333 e. The predicted molar refractivity (Wildman–Crippen MR) is 133 cm³/mol. The van der Waals surface area contributed by atoms with E-state index in [-0.39, 0.29) is 40.7 Å². The van der Waals surface area contributed by atoms with Crippen molar-refractivity contribution in [2.24, 2.45) is 5.92 Å². The quantitative estimate of drug-likeness (QED) is 0.287. The molecule has 1 fully saturated rings. The van der Waals surface area contributed by atoms with Crippen LogP contribution in [-0.2, 0) is 14.8 Å². The van der Waals surface area contributed by atoms with E-state index in [1.165, 1.54) is 28.2 Å². The number of hydrogen-bond donors (Lipinski definition) is 1. The number of hydrogen-bond acceptors (Lipinski definition) is 7. The van der Waals surface area contributed by atoms with Crippen molar-refractivity contribution in [1.29, 1.82) is 0 Å². The van der Waals surface area contributed by atoms with Crippen molar-refractivity contribution in [3.8, 4) is 0 Å². The van der Waals surface area contributed by atoms with Crippen molar-refractivity contribution in [3.05, 3.63) is 58.1 Å². The number of aromatic amines is 1. The number of imidazole rings is 1. The van der Waals surface area contributed by atoms with Gasteiger partial charge in [-0.15, -0.1) is 0 Å². The number of nitro benzene ring substituents is 1. The van der Waals surface area contributed by atoms with Crippen LogP contribution in [0.4, 0.5) is 5.69 Å². The van der Waals surface area contributed by atoms with Crippen molar-refractivity contribution in [2.45, 2.75) is 50.0 Å². The number of aromatic nitrogens is 2. The molecule has 1 amide bonds. The highest BCUT2D eigenvalue weighted by Crippen LogP contribution is 2.33. The number of carbonyl (C=O) groups excluding carboxylic acids is 1. The summed E-state index contributed by atoms with van der Waals surface area (Å²) in [5, 5.41) is 11.5. The maximum absolute atomic E-state index is 13.4. The first kappa shape index (κ1) is 25.1. The Morgan fingerprint density at radius 2 is 1.94 bits per heavy atom. The molecular weight excluding hydrogens is 490 g/mol. The number of benzene rings is 2. The molecule has 10 nitrogen and oxygen atoms in total.